The highest BCUT2D eigenvalue weighted by Crippen LogP contribution is 2.30. The van der Waals surface area contributed by atoms with Crippen molar-refractivity contribution in [3.05, 3.63) is 71.2 Å². The van der Waals surface area contributed by atoms with E-state index in [4.69, 9.17) is 11.6 Å². The fourth-order valence-electron chi connectivity index (χ4n) is 2.51. The van der Waals surface area contributed by atoms with Crippen molar-refractivity contribution in [1.29, 1.82) is 0 Å². The van der Waals surface area contributed by atoms with Gasteiger partial charge in [-0.3, -0.25) is 9.52 Å². The maximum atomic E-state index is 12.8. The maximum Gasteiger partial charge on any atom is 0.262 e. The second-order valence-electron chi connectivity index (χ2n) is 5.31. The molecule has 0 heterocycles. The van der Waals surface area contributed by atoms with Gasteiger partial charge in [-0.2, -0.15) is 0 Å². The SMILES string of the molecule is CC(=O)c1cccc(NS(=O)(=O)c2cccc3ccccc23)c1Cl. The van der Waals surface area contributed by atoms with Gasteiger partial charge in [0.2, 0.25) is 0 Å². The van der Waals surface area contributed by atoms with Crippen LogP contribution in [0.2, 0.25) is 5.02 Å². The average molecular weight is 360 g/mol. The van der Waals surface area contributed by atoms with Crippen molar-refractivity contribution >= 4 is 43.9 Å². The zero-order valence-electron chi connectivity index (χ0n) is 12.8. The summed E-state index contributed by atoms with van der Waals surface area (Å²) in [6.07, 6.45) is 0. The summed E-state index contributed by atoms with van der Waals surface area (Å²) in [5.41, 5.74) is 0.451. The van der Waals surface area contributed by atoms with E-state index < -0.39 is 10.0 Å². The lowest BCUT2D eigenvalue weighted by Crippen LogP contribution is -2.14. The molecular weight excluding hydrogens is 346 g/mol. The molecule has 0 bridgehead atoms. The van der Waals surface area contributed by atoms with Crippen LogP contribution in [0.15, 0.2) is 65.6 Å². The summed E-state index contributed by atoms with van der Waals surface area (Å²) in [6, 6.07) is 17.0. The summed E-state index contributed by atoms with van der Waals surface area (Å²) >= 11 is 6.17. The van der Waals surface area contributed by atoms with Crippen molar-refractivity contribution in [2.45, 2.75) is 11.8 Å². The number of rotatable bonds is 4. The van der Waals surface area contributed by atoms with Crippen LogP contribution in [0.5, 0.6) is 0 Å². The van der Waals surface area contributed by atoms with E-state index in [1.54, 1.807) is 30.3 Å². The zero-order valence-corrected chi connectivity index (χ0v) is 14.4. The van der Waals surface area contributed by atoms with E-state index in [2.05, 4.69) is 4.72 Å². The van der Waals surface area contributed by atoms with Gasteiger partial charge in [0, 0.05) is 10.9 Å². The molecule has 0 atom stereocenters. The standard InChI is InChI=1S/C18H14ClNO3S/c1-12(21)14-9-5-10-16(18(14)19)20-24(22,23)17-11-4-7-13-6-2-3-8-15(13)17/h2-11,20H,1H3. The molecule has 0 aliphatic heterocycles. The minimum Gasteiger partial charge on any atom is -0.294 e. The second-order valence-corrected chi connectivity index (χ2v) is 7.33. The Morgan fingerprint density at radius 1 is 0.958 bits per heavy atom. The highest BCUT2D eigenvalue weighted by molar-refractivity contribution is 7.93. The van der Waals surface area contributed by atoms with E-state index in [0.717, 1.165) is 5.39 Å². The number of halogens is 1. The number of fused-ring (bicyclic) bond motifs is 1. The van der Waals surface area contributed by atoms with Crippen LogP contribution in [0.25, 0.3) is 10.8 Å². The van der Waals surface area contributed by atoms with Crippen LogP contribution in [-0.2, 0) is 10.0 Å². The van der Waals surface area contributed by atoms with Crippen molar-refractivity contribution in [1.82, 2.24) is 0 Å². The predicted octanol–water partition coefficient (Wildman–Crippen LogP) is 4.50. The van der Waals surface area contributed by atoms with Crippen molar-refractivity contribution < 1.29 is 13.2 Å². The Balaban J connectivity index is 2.10. The molecule has 0 unspecified atom stereocenters. The Morgan fingerprint density at radius 3 is 2.38 bits per heavy atom. The third-order valence-electron chi connectivity index (χ3n) is 3.66. The summed E-state index contributed by atoms with van der Waals surface area (Å²) in [4.78, 5) is 11.7. The Labute approximate surface area is 145 Å². The Bertz CT molecular complexity index is 1040. The van der Waals surface area contributed by atoms with E-state index in [1.165, 1.54) is 19.1 Å². The van der Waals surface area contributed by atoms with Gasteiger partial charge in [0.1, 0.15) is 0 Å². The van der Waals surface area contributed by atoms with Crippen LogP contribution in [0, 0.1) is 0 Å². The lowest BCUT2D eigenvalue weighted by molar-refractivity contribution is 0.101. The lowest BCUT2D eigenvalue weighted by atomic mass is 10.1. The quantitative estimate of drug-likeness (QED) is 0.698. The number of carbonyl (C=O) groups excluding carboxylic acids is 1. The van der Waals surface area contributed by atoms with Gasteiger partial charge in [0.05, 0.1) is 15.6 Å². The number of nitrogens with one attached hydrogen (secondary N) is 1. The molecule has 3 aromatic rings. The van der Waals surface area contributed by atoms with Crippen LogP contribution in [0.1, 0.15) is 17.3 Å². The maximum absolute atomic E-state index is 12.8. The van der Waals surface area contributed by atoms with E-state index in [1.807, 2.05) is 18.2 Å². The van der Waals surface area contributed by atoms with E-state index in [-0.39, 0.29) is 27.0 Å². The normalized spacial score (nSPS) is 11.4. The number of sulfonamides is 1. The summed E-state index contributed by atoms with van der Waals surface area (Å²) in [5, 5.41) is 1.53. The van der Waals surface area contributed by atoms with Crippen molar-refractivity contribution in [2.75, 3.05) is 4.72 Å². The second kappa shape index (κ2) is 6.26. The van der Waals surface area contributed by atoms with Gasteiger partial charge in [-0.05, 0) is 30.5 Å². The third kappa shape index (κ3) is 3.00. The molecule has 0 radical (unpaired) electrons. The molecule has 0 spiro atoms. The number of ketones is 1. The van der Waals surface area contributed by atoms with Gasteiger partial charge in [-0.25, -0.2) is 8.42 Å². The minimum atomic E-state index is -3.85. The Hall–Kier alpha value is -2.37. The largest absolute Gasteiger partial charge is 0.294 e. The number of hydrogen-bond donors (Lipinski definition) is 1. The number of Topliss-reactive ketones (excluding diaryl/α,β-unsaturated/α-hetero) is 1. The van der Waals surface area contributed by atoms with Crippen LogP contribution in [0.3, 0.4) is 0 Å². The van der Waals surface area contributed by atoms with Crippen LogP contribution < -0.4 is 4.72 Å². The minimum absolute atomic E-state index is 0.0915. The molecular formula is C18H14ClNO3S. The van der Waals surface area contributed by atoms with E-state index >= 15 is 0 Å². The molecule has 3 rings (SSSR count). The number of carbonyl (C=O) groups is 1. The highest BCUT2D eigenvalue weighted by atomic mass is 35.5. The van der Waals surface area contributed by atoms with Gasteiger partial charge < -0.3 is 0 Å². The molecule has 0 fully saturated rings. The molecule has 3 aromatic carbocycles. The summed E-state index contributed by atoms with van der Waals surface area (Å²) in [5.74, 6) is -0.230. The summed E-state index contributed by atoms with van der Waals surface area (Å²) in [6.45, 7) is 1.38. The third-order valence-corrected chi connectivity index (χ3v) is 5.49. The predicted molar refractivity (Wildman–Crippen MR) is 96.2 cm³/mol. The summed E-state index contributed by atoms with van der Waals surface area (Å²) < 4.78 is 28.1. The molecule has 0 aliphatic carbocycles. The number of hydrogen-bond acceptors (Lipinski definition) is 3. The van der Waals surface area contributed by atoms with Gasteiger partial charge in [0.15, 0.2) is 5.78 Å². The molecule has 0 saturated carbocycles. The highest BCUT2D eigenvalue weighted by Gasteiger charge is 2.20. The van der Waals surface area contributed by atoms with E-state index in [9.17, 15) is 13.2 Å². The molecule has 4 nitrogen and oxygen atoms in total. The lowest BCUT2D eigenvalue weighted by Gasteiger charge is -2.13. The van der Waals surface area contributed by atoms with Crippen molar-refractivity contribution in [3.8, 4) is 0 Å². The number of anilines is 1. The molecule has 0 aromatic heterocycles. The molecule has 24 heavy (non-hydrogen) atoms. The molecule has 1 N–H and O–H groups in total. The molecule has 0 aliphatic rings. The average Bonchev–Trinajstić information content (AvgIpc) is 2.55. The van der Waals surface area contributed by atoms with Crippen molar-refractivity contribution in [2.24, 2.45) is 0 Å². The first-order valence-electron chi connectivity index (χ1n) is 7.20. The van der Waals surface area contributed by atoms with Crippen LogP contribution in [0.4, 0.5) is 5.69 Å². The van der Waals surface area contributed by atoms with E-state index in [0.29, 0.717) is 5.39 Å². The Kier molecular flexibility index (Phi) is 4.30. The Morgan fingerprint density at radius 2 is 1.62 bits per heavy atom. The monoisotopic (exact) mass is 359 g/mol. The van der Waals surface area contributed by atoms with Crippen LogP contribution >= 0.6 is 11.6 Å². The van der Waals surface area contributed by atoms with Crippen molar-refractivity contribution in [3.63, 3.8) is 0 Å². The molecule has 0 saturated heterocycles. The van der Waals surface area contributed by atoms with Crippen LogP contribution in [-0.4, -0.2) is 14.2 Å². The first-order valence-corrected chi connectivity index (χ1v) is 9.06. The zero-order chi connectivity index (χ0) is 17.3. The van der Waals surface area contributed by atoms with Gasteiger partial charge in [-0.1, -0.05) is 54.1 Å². The topological polar surface area (TPSA) is 63.2 Å². The first-order chi connectivity index (χ1) is 11.4. The van der Waals surface area contributed by atoms with Gasteiger partial charge >= 0.3 is 0 Å². The molecule has 0 amide bonds. The number of benzene rings is 3. The smallest absolute Gasteiger partial charge is 0.262 e. The van der Waals surface area contributed by atoms with Gasteiger partial charge in [-0.15, -0.1) is 0 Å². The molecule has 6 heteroatoms. The first kappa shape index (κ1) is 16.5. The molecule has 122 valence electrons. The fourth-order valence-corrected chi connectivity index (χ4v) is 4.18. The van der Waals surface area contributed by atoms with Gasteiger partial charge in [0.25, 0.3) is 10.0 Å². The summed E-state index contributed by atoms with van der Waals surface area (Å²) in [7, 11) is -3.85. The fraction of sp³-hybridized carbons (Fsp3) is 0.0556.